The van der Waals surface area contributed by atoms with Gasteiger partial charge in [-0.25, -0.2) is 13.1 Å². The SMILES string of the molecule is O=S(=O)(CCC(F)(F)F)NCCn1ccc(-c2ccsc2)n1. The first-order valence-corrected chi connectivity index (χ1v) is 8.95. The van der Waals surface area contributed by atoms with Gasteiger partial charge in [0.2, 0.25) is 10.0 Å². The maximum absolute atomic E-state index is 12.0. The van der Waals surface area contributed by atoms with Crippen LogP contribution in [0.4, 0.5) is 13.2 Å². The van der Waals surface area contributed by atoms with Gasteiger partial charge in [0, 0.05) is 23.7 Å². The van der Waals surface area contributed by atoms with E-state index in [1.54, 1.807) is 16.9 Å². The minimum Gasteiger partial charge on any atom is -0.271 e. The van der Waals surface area contributed by atoms with Crippen molar-refractivity contribution in [3.05, 3.63) is 29.1 Å². The topological polar surface area (TPSA) is 64.0 Å². The summed E-state index contributed by atoms with van der Waals surface area (Å²) in [6.07, 6.45) is -4.14. The lowest BCUT2D eigenvalue weighted by atomic mass is 10.2. The summed E-state index contributed by atoms with van der Waals surface area (Å²) in [5.74, 6) is -0.963. The van der Waals surface area contributed by atoms with E-state index in [0.29, 0.717) is 0 Å². The van der Waals surface area contributed by atoms with Crippen LogP contribution in [0.1, 0.15) is 6.42 Å². The summed E-state index contributed by atoms with van der Waals surface area (Å²) in [7, 11) is -3.93. The second-order valence-electron chi connectivity index (χ2n) is 4.55. The molecule has 0 bridgehead atoms. The maximum atomic E-state index is 12.0. The number of nitrogens with one attached hydrogen (secondary N) is 1. The molecule has 2 aromatic heterocycles. The number of alkyl halides is 3. The Balaban J connectivity index is 1.81. The molecule has 0 unspecified atom stereocenters. The minimum absolute atomic E-state index is 0.00898. The van der Waals surface area contributed by atoms with Crippen LogP contribution in [0.25, 0.3) is 11.3 Å². The molecule has 0 amide bonds. The molecule has 0 radical (unpaired) electrons. The number of hydrogen-bond acceptors (Lipinski definition) is 4. The highest BCUT2D eigenvalue weighted by Gasteiger charge is 2.29. The van der Waals surface area contributed by atoms with Gasteiger partial charge in [0.15, 0.2) is 0 Å². The zero-order chi connectivity index (χ0) is 16.2. The molecule has 0 saturated carbocycles. The predicted molar refractivity (Wildman–Crippen MR) is 78.0 cm³/mol. The summed E-state index contributed by atoms with van der Waals surface area (Å²) in [6.45, 7) is 0.236. The van der Waals surface area contributed by atoms with Gasteiger partial charge >= 0.3 is 6.18 Å². The third kappa shape index (κ3) is 5.43. The highest BCUT2D eigenvalue weighted by atomic mass is 32.2. The van der Waals surface area contributed by atoms with Crippen molar-refractivity contribution in [1.29, 1.82) is 0 Å². The predicted octanol–water partition coefficient (Wildman–Crippen LogP) is 2.48. The van der Waals surface area contributed by atoms with Crippen molar-refractivity contribution in [3.8, 4) is 11.3 Å². The third-order valence-electron chi connectivity index (χ3n) is 2.77. The number of thiophene rings is 1. The minimum atomic E-state index is -4.48. The molecule has 1 N–H and O–H groups in total. The van der Waals surface area contributed by atoms with Crippen molar-refractivity contribution in [2.45, 2.75) is 19.1 Å². The van der Waals surface area contributed by atoms with E-state index in [0.717, 1.165) is 11.3 Å². The van der Waals surface area contributed by atoms with Crippen molar-refractivity contribution < 1.29 is 21.6 Å². The van der Waals surface area contributed by atoms with Crippen LogP contribution in [0.5, 0.6) is 0 Å². The van der Waals surface area contributed by atoms with Gasteiger partial charge < -0.3 is 0 Å². The van der Waals surface area contributed by atoms with E-state index in [1.807, 2.05) is 16.8 Å². The first kappa shape index (κ1) is 17.0. The standard InChI is InChI=1S/C12H14F3N3O2S2/c13-12(14,15)3-8-22(19,20)16-4-6-18-5-1-11(17-18)10-2-7-21-9-10/h1-2,5,7,9,16H,3-4,6,8H2. The summed E-state index contributed by atoms with van der Waals surface area (Å²) >= 11 is 1.54. The molecule has 0 aliphatic heterocycles. The van der Waals surface area contributed by atoms with Gasteiger partial charge in [-0.15, -0.1) is 0 Å². The fourth-order valence-corrected chi connectivity index (χ4v) is 3.38. The van der Waals surface area contributed by atoms with Gasteiger partial charge in [0.25, 0.3) is 0 Å². The zero-order valence-corrected chi connectivity index (χ0v) is 13.0. The van der Waals surface area contributed by atoms with Crippen molar-refractivity contribution in [3.63, 3.8) is 0 Å². The lowest BCUT2D eigenvalue weighted by Gasteiger charge is -2.08. The highest BCUT2D eigenvalue weighted by Crippen LogP contribution is 2.20. The lowest BCUT2D eigenvalue weighted by molar-refractivity contribution is -0.129. The summed E-state index contributed by atoms with van der Waals surface area (Å²) in [6, 6.07) is 3.71. The third-order valence-corrected chi connectivity index (χ3v) is 4.84. The van der Waals surface area contributed by atoms with Crippen molar-refractivity contribution in [2.75, 3.05) is 12.3 Å². The Hall–Kier alpha value is -1.39. The van der Waals surface area contributed by atoms with E-state index < -0.39 is 28.4 Å². The fraction of sp³-hybridized carbons (Fsp3) is 0.417. The van der Waals surface area contributed by atoms with Gasteiger partial charge in [-0.3, -0.25) is 4.68 Å². The number of halogens is 3. The number of rotatable bonds is 7. The Kier molecular flexibility index (Phi) is 5.24. The molecule has 0 saturated heterocycles. The van der Waals surface area contributed by atoms with Crippen molar-refractivity contribution in [1.82, 2.24) is 14.5 Å². The number of aromatic nitrogens is 2. The summed E-state index contributed by atoms with van der Waals surface area (Å²) < 4.78 is 62.5. The smallest absolute Gasteiger partial charge is 0.271 e. The molecular formula is C12H14F3N3O2S2. The molecule has 5 nitrogen and oxygen atoms in total. The molecule has 2 aromatic rings. The first-order chi connectivity index (χ1) is 10.3. The molecule has 2 rings (SSSR count). The Morgan fingerprint density at radius 3 is 2.73 bits per heavy atom. The van der Waals surface area contributed by atoms with Gasteiger partial charge in [-0.2, -0.15) is 29.6 Å². The van der Waals surface area contributed by atoms with Gasteiger partial charge in [-0.05, 0) is 17.5 Å². The lowest BCUT2D eigenvalue weighted by Crippen LogP contribution is -2.31. The van der Waals surface area contributed by atoms with Crippen LogP contribution in [0, 0.1) is 0 Å². The van der Waals surface area contributed by atoms with Crippen LogP contribution in [-0.2, 0) is 16.6 Å². The molecule has 10 heteroatoms. The summed E-state index contributed by atoms with van der Waals surface area (Å²) in [4.78, 5) is 0. The molecular weight excluding hydrogens is 339 g/mol. The molecule has 0 aromatic carbocycles. The van der Waals surface area contributed by atoms with E-state index >= 15 is 0 Å². The van der Waals surface area contributed by atoms with Crippen LogP contribution in [0.3, 0.4) is 0 Å². The molecule has 0 fully saturated rings. The Morgan fingerprint density at radius 2 is 2.09 bits per heavy atom. The van der Waals surface area contributed by atoms with Crippen molar-refractivity contribution >= 4 is 21.4 Å². The van der Waals surface area contributed by atoms with E-state index in [2.05, 4.69) is 9.82 Å². The Bertz CT molecular complexity index is 694. The second kappa shape index (κ2) is 6.80. The first-order valence-electron chi connectivity index (χ1n) is 6.35. The van der Waals surface area contributed by atoms with E-state index in [4.69, 9.17) is 0 Å². The zero-order valence-electron chi connectivity index (χ0n) is 11.4. The van der Waals surface area contributed by atoms with Gasteiger partial charge in [0.05, 0.1) is 24.4 Å². The van der Waals surface area contributed by atoms with E-state index in [9.17, 15) is 21.6 Å². The Labute approximate surface area is 129 Å². The largest absolute Gasteiger partial charge is 0.390 e. The normalized spacial score (nSPS) is 12.7. The van der Waals surface area contributed by atoms with Crippen LogP contribution in [0.15, 0.2) is 29.1 Å². The molecule has 2 heterocycles. The number of hydrogen-bond donors (Lipinski definition) is 1. The molecule has 0 aliphatic carbocycles. The fourth-order valence-electron chi connectivity index (χ4n) is 1.69. The molecule has 0 atom stereocenters. The van der Waals surface area contributed by atoms with Crippen LogP contribution >= 0.6 is 11.3 Å². The van der Waals surface area contributed by atoms with Crippen LogP contribution in [0.2, 0.25) is 0 Å². The van der Waals surface area contributed by atoms with Crippen LogP contribution < -0.4 is 4.72 Å². The average molecular weight is 353 g/mol. The average Bonchev–Trinajstić information content (AvgIpc) is 3.06. The molecule has 22 heavy (non-hydrogen) atoms. The monoisotopic (exact) mass is 353 g/mol. The van der Waals surface area contributed by atoms with E-state index in [1.165, 1.54) is 11.3 Å². The van der Waals surface area contributed by atoms with Gasteiger partial charge in [-0.1, -0.05) is 0 Å². The molecule has 0 spiro atoms. The number of nitrogens with zero attached hydrogens (tertiary/aromatic N) is 2. The summed E-state index contributed by atoms with van der Waals surface area (Å²) in [5.41, 5.74) is 1.73. The Morgan fingerprint density at radius 1 is 1.32 bits per heavy atom. The quantitative estimate of drug-likeness (QED) is 0.832. The van der Waals surface area contributed by atoms with E-state index in [-0.39, 0.29) is 13.1 Å². The van der Waals surface area contributed by atoms with Crippen LogP contribution in [-0.4, -0.2) is 36.7 Å². The maximum Gasteiger partial charge on any atom is 0.390 e. The van der Waals surface area contributed by atoms with Gasteiger partial charge in [0.1, 0.15) is 0 Å². The molecule has 122 valence electrons. The highest BCUT2D eigenvalue weighted by molar-refractivity contribution is 7.89. The molecule has 0 aliphatic rings. The summed E-state index contributed by atoms with van der Waals surface area (Å²) in [5, 5.41) is 8.12. The number of sulfonamides is 1. The van der Waals surface area contributed by atoms with Crippen molar-refractivity contribution in [2.24, 2.45) is 0 Å². The second-order valence-corrected chi connectivity index (χ2v) is 7.26.